The number of fused-ring (bicyclic) bond motifs is 1. The zero-order valence-electron chi connectivity index (χ0n) is 20.6. The van der Waals surface area contributed by atoms with Gasteiger partial charge in [-0.15, -0.1) is 0 Å². The van der Waals surface area contributed by atoms with Crippen molar-refractivity contribution in [2.45, 2.75) is 90.8 Å². The van der Waals surface area contributed by atoms with Crippen LogP contribution >= 0.6 is 0 Å². The summed E-state index contributed by atoms with van der Waals surface area (Å²) in [5.74, 6) is 0.634. The molecule has 0 saturated carbocycles. The van der Waals surface area contributed by atoms with Gasteiger partial charge in [-0.05, 0) is 65.4 Å². The fourth-order valence-corrected chi connectivity index (χ4v) is 4.84. The summed E-state index contributed by atoms with van der Waals surface area (Å²) in [6.45, 7) is 12.8. The summed E-state index contributed by atoms with van der Waals surface area (Å²) in [5.41, 5.74) is 2.95. The molecule has 2 fully saturated rings. The van der Waals surface area contributed by atoms with Crippen LogP contribution in [0.3, 0.4) is 0 Å². The predicted octanol–water partition coefficient (Wildman–Crippen LogP) is 4.84. The summed E-state index contributed by atoms with van der Waals surface area (Å²) >= 11 is 0. The van der Waals surface area contributed by atoms with Crippen molar-refractivity contribution >= 4 is 23.5 Å². The second kappa shape index (κ2) is 8.26. The first-order valence-corrected chi connectivity index (χ1v) is 12.2. The minimum Gasteiger partial charge on any atom is -0.399 e. The van der Waals surface area contributed by atoms with Gasteiger partial charge in [0.25, 0.3) is 0 Å². The van der Waals surface area contributed by atoms with Gasteiger partial charge in [0.05, 0.1) is 34.7 Å². The molecule has 3 aromatic rings. The van der Waals surface area contributed by atoms with E-state index in [4.69, 9.17) is 19.0 Å². The van der Waals surface area contributed by atoms with Gasteiger partial charge in [-0.3, -0.25) is 4.98 Å². The first-order valence-electron chi connectivity index (χ1n) is 12.2. The molecule has 5 rings (SSSR count). The molecule has 8 heteroatoms. The van der Waals surface area contributed by atoms with E-state index in [2.05, 4.69) is 63.9 Å². The van der Waals surface area contributed by atoms with Crippen LogP contribution in [0.2, 0.25) is 0 Å². The Morgan fingerprint density at radius 1 is 1.15 bits per heavy atom. The molecule has 5 heterocycles. The van der Waals surface area contributed by atoms with Gasteiger partial charge in [0.15, 0.2) is 6.23 Å². The largest absolute Gasteiger partial charge is 0.497 e. The fraction of sp³-hybridized carbons (Fsp3) is 0.600. The van der Waals surface area contributed by atoms with Gasteiger partial charge in [-0.2, -0.15) is 5.10 Å². The Balaban J connectivity index is 1.42. The van der Waals surface area contributed by atoms with Gasteiger partial charge in [0, 0.05) is 35.0 Å². The van der Waals surface area contributed by atoms with Crippen LogP contribution < -0.4 is 5.46 Å². The quantitative estimate of drug-likeness (QED) is 0.563. The topological polar surface area (TPSA) is 74.2 Å². The number of nitrogens with zero attached hydrogens (tertiary/aromatic N) is 3. The van der Waals surface area contributed by atoms with Gasteiger partial charge in [-0.25, -0.2) is 4.68 Å². The summed E-state index contributed by atoms with van der Waals surface area (Å²) in [5, 5.41) is 5.70. The smallest absolute Gasteiger partial charge is 0.399 e. The SMILES string of the molecule is CC(C)CC1CCCC(n2cc(-c3ncc(B4OC(C)(C)C(C)(C)O4)c4cc[nH]c34)cn2)O1. The maximum Gasteiger partial charge on any atom is 0.497 e. The number of nitrogens with one attached hydrogen (secondary N) is 1. The molecule has 7 nitrogen and oxygen atoms in total. The van der Waals surface area contributed by atoms with E-state index in [1.54, 1.807) is 0 Å². The molecule has 2 aliphatic heterocycles. The number of H-pyrrole nitrogens is 1. The highest BCUT2D eigenvalue weighted by atomic mass is 16.7. The van der Waals surface area contributed by atoms with E-state index in [0.717, 1.165) is 46.9 Å². The molecule has 2 saturated heterocycles. The van der Waals surface area contributed by atoms with Crippen LogP contribution in [0.25, 0.3) is 22.2 Å². The number of hydrogen-bond acceptors (Lipinski definition) is 5. The normalized spacial score (nSPS) is 24.8. The molecular formula is C25H35BN4O3. The van der Waals surface area contributed by atoms with Gasteiger partial charge in [-0.1, -0.05) is 13.8 Å². The molecule has 0 spiro atoms. The number of ether oxygens (including phenoxy) is 1. The van der Waals surface area contributed by atoms with Crippen molar-refractivity contribution in [1.82, 2.24) is 19.7 Å². The first-order chi connectivity index (χ1) is 15.6. The number of aromatic amines is 1. The third-order valence-electron chi connectivity index (χ3n) is 7.37. The summed E-state index contributed by atoms with van der Waals surface area (Å²) < 4.78 is 20.9. The van der Waals surface area contributed by atoms with E-state index in [1.807, 2.05) is 23.3 Å². The van der Waals surface area contributed by atoms with Crippen molar-refractivity contribution in [3.05, 3.63) is 30.9 Å². The number of hydrogen-bond donors (Lipinski definition) is 1. The molecule has 1 N–H and O–H groups in total. The van der Waals surface area contributed by atoms with Gasteiger partial charge in [0.2, 0.25) is 0 Å². The zero-order valence-corrected chi connectivity index (χ0v) is 20.6. The minimum absolute atomic E-state index is 0.0144. The van der Waals surface area contributed by atoms with Crippen molar-refractivity contribution in [3.63, 3.8) is 0 Å². The second-order valence-corrected chi connectivity index (χ2v) is 10.9. The van der Waals surface area contributed by atoms with Crippen molar-refractivity contribution < 1.29 is 14.0 Å². The minimum atomic E-state index is -0.453. The maximum atomic E-state index is 6.37. The lowest BCUT2D eigenvalue weighted by Crippen LogP contribution is -2.41. The molecule has 2 unspecified atom stereocenters. The molecule has 0 bridgehead atoms. The Bertz CT molecular complexity index is 1120. The molecule has 3 aromatic heterocycles. The molecule has 2 atom stereocenters. The Labute approximate surface area is 196 Å². The van der Waals surface area contributed by atoms with Crippen LogP contribution in [0.1, 0.15) is 73.5 Å². The molecule has 0 amide bonds. The van der Waals surface area contributed by atoms with Gasteiger partial charge in [0.1, 0.15) is 0 Å². The predicted molar refractivity (Wildman–Crippen MR) is 130 cm³/mol. The Morgan fingerprint density at radius 3 is 2.64 bits per heavy atom. The van der Waals surface area contributed by atoms with Crippen molar-refractivity contribution in [2.75, 3.05) is 0 Å². The standard InChI is InChI=1S/C25H35BN4O3/c1-16(2)12-18-8-7-9-21(31-18)30-15-17(13-29-30)22-23-19(10-11-27-23)20(14-28-22)26-32-24(3,4)25(5,6)33-26/h10-11,13-16,18,21,27H,7-9,12H2,1-6H3. The van der Waals surface area contributed by atoms with Crippen molar-refractivity contribution in [3.8, 4) is 11.3 Å². The summed E-state index contributed by atoms with van der Waals surface area (Å²) in [4.78, 5) is 8.18. The highest BCUT2D eigenvalue weighted by Crippen LogP contribution is 2.37. The van der Waals surface area contributed by atoms with E-state index in [-0.39, 0.29) is 6.23 Å². The van der Waals surface area contributed by atoms with Crippen molar-refractivity contribution in [2.24, 2.45) is 5.92 Å². The van der Waals surface area contributed by atoms with Gasteiger partial charge >= 0.3 is 7.12 Å². The maximum absolute atomic E-state index is 6.37. The Hall–Kier alpha value is -2.16. The molecule has 176 valence electrons. The van der Waals surface area contributed by atoms with Crippen LogP contribution in [-0.4, -0.2) is 44.2 Å². The summed E-state index contributed by atoms with van der Waals surface area (Å²) in [6, 6.07) is 2.06. The first kappa shape index (κ1) is 22.6. The highest BCUT2D eigenvalue weighted by molar-refractivity contribution is 6.65. The average Bonchev–Trinajstić information content (AvgIpc) is 3.45. The fourth-order valence-electron chi connectivity index (χ4n) is 4.84. The lowest BCUT2D eigenvalue weighted by Gasteiger charge is -2.32. The summed E-state index contributed by atoms with van der Waals surface area (Å²) in [6.07, 6.45) is 12.4. The van der Waals surface area contributed by atoms with Crippen LogP contribution in [0.4, 0.5) is 0 Å². The zero-order chi connectivity index (χ0) is 23.4. The van der Waals surface area contributed by atoms with E-state index >= 15 is 0 Å². The van der Waals surface area contributed by atoms with E-state index in [1.165, 1.54) is 6.42 Å². The third kappa shape index (κ3) is 4.13. The molecule has 0 radical (unpaired) electrons. The van der Waals surface area contributed by atoms with Gasteiger partial charge < -0.3 is 19.0 Å². The average molecular weight is 450 g/mol. The van der Waals surface area contributed by atoms with Crippen LogP contribution in [0.5, 0.6) is 0 Å². The number of aromatic nitrogens is 4. The van der Waals surface area contributed by atoms with Crippen LogP contribution in [0.15, 0.2) is 30.9 Å². The molecule has 2 aliphatic rings. The lowest BCUT2D eigenvalue weighted by molar-refractivity contribution is -0.101. The molecular weight excluding hydrogens is 415 g/mol. The van der Waals surface area contributed by atoms with Crippen LogP contribution in [-0.2, 0) is 14.0 Å². The lowest BCUT2D eigenvalue weighted by atomic mass is 9.78. The van der Waals surface area contributed by atoms with E-state index < -0.39 is 18.3 Å². The van der Waals surface area contributed by atoms with E-state index in [0.29, 0.717) is 12.0 Å². The Kier molecular flexibility index (Phi) is 5.66. The molecule has 33 heavy (non-hydrogen) atoms. The van der Waals surface area contributed by atoms with Crippen molar-refractivity contribution in [1.29, 1.82) is 0 Å². The number of pyridine rings is 1. The second-order valence-electron chi connectivity index (χ2n) is 10.9. The monoisotopic (exact) mass is 450 g/mol. The Morgan fingerprint density at radius 2 is 1.91 bits per heavy atom. The molecule has 0 aromatic carbocycles. The number of rotatable bonds is 5. The highest BCUT2D eigenvalue weighted by Gasteiger charge is 2.52. The third-order valence-corrected chi connectivity index (χ3v) is 7.37. The van der Waals surface area contributed by atoms with E-state index in [9.17, 15) is 0 Å². The summed E-state index contributed by atoms with van der Waals surface area (Å²) in [7, 11) is -0.453. The molecule has 0 aliphatic carbocycles. The van der Waals surface area contributed by atoms with Crippen LogP contribution in [0, 0.1) is 5.92 Å².